The molecule has 0 saturated carbocycles. The normalized spacial score (nSPS) is 6.46. The second kappa shape index (κ2) is 75.7. The van der Waals surface area contributed by atoms with E-state index in [4.69, 9.17) is 37.8 Å². The molecule has 0 fully saturated rings. The van der Waals surface area contributed by atoms with E-state index in [1.807, 2.05) is 0 Å². The van der Waals surface area contributed by atoms with Gasteiger partial charge in [0.1, 0.15) is 0 Å². The second-order valence-corrected chi connectivity index (χ2v) is 0.980. The van der Waals surface area contributed by atoms with E-state index >= 15 is 0 Å². The van der Waals surface area contributed by atoms with E-state index in [0.29, 0.717) is 0 Å². The summed E-state index contributed by atoms with van der Waals surface area (Å²) in [4.78, 5) is 27.9. The Labute approximate surface area is 93.8 Å². The molecule has 0 aliphatic heterocycles. The zero-order chi connectivity index (χ0) is 10.8. The molecule has 0 aliphatic carbocycles. The number of rotatable bonds is 0. The van der Waals surface area contributed by atoms with E-state index in [9.17, 15) is 0 Å². The fraction of sp³-hybridized carbons (Fsp3) is 0. The molecular weight excluding hydrogens is 348 g/mol. The first-order valence-electron chi connectivity index (χ1n) is 1.53. The Hall–Kier alpha value is 0.928. The van der Waals surface area contributed by atoms with E-state index in [-0.39, 0.29) is 21.1 Å². The second-order valence-electron chi connectivity index (χ2n) is 0.327. The predicted molar refractivity (Wildman–Crippen MR) is 39.3 cm³/mol. The van der Waals surface area contributed by atoms with Gasteiger partial charge in [0.2, 0.25) is 0 Å². The molecule has 0 saturated heterocycles. The molecular formula is H4MoO8P4+4. The van der Waals surface area contributed by atoms with Crippen molar-refractivity contribution in [2.75, 3.05) is 0 Å². The van der Waals surface area contributed by atoms with Gasteiger partial charge in [-0.25, -0.2) is 18.3 Å². The van der Waals surface area contributed by atoms with E-state index < -0.39 is 34.7 Å². The Morgan fingerprint density at radius 2 is 0.538 bits per heavy atom. The average molecular weight is 352 g/mol. The molecule has 13 heavy (non-hydrogen) atoms. The van der Waals surface area contributed by atoms with E-state index in [1.165, 1.54) is 0 Å². The predicted octanol–water partition coefficient (Wildman–Crippen LogP) is 0.739. The molecule has 0 radical (unpaired) electrons. The smallest absolute Gasteiger partial charge is 0.310 e. The zero-order valence-corrected chi connectivity index (χ0v) is 11.2. The maximum atomic E-state index is 8.46. The average Bonchev–Trinajstić information content (AvgIpc) is 1.92. The Balaban J connectivity index is -0.0000000213. The van der Waals surface area contributed by atoms with Crippen molar-refractivity contribution in [3.8, 4) is 0 Å². The standard InChI is InChI=1S/Mo.4HO2P/c;4*1-3-2/h;4*(H,1,2)/q+4;;;;. The summed E-state index contributed by atoms with van der Waals surface area (Å²) in [5.74, 6) is 0. The van der Waals surface area contributed by atoms with Crippen molar-refractivity contribution in [1.82, 2.24) is 0 Å². The van der Waals surface area contributed by atoms with Gasteiger partial charge in [-0.1, -0.05) is 0 Å². The van der Waals surface area contributed by atoms with Crippen molar-refractivity contribution in [3.05, 3.63) is 0 Å². The van der Waals surface area contributed by atoms with E-state index in [0.717, 1.165) is 0 Å². The van der Waals surface area contributed by atoms with Gasteiger partial charge in [0.15, 0.2) is 0 Å². The first-order valence-corrected chi connectivity index (χ1v) is 4.59. The molecule has 4 N–H and O–H groups in total. The maximum Gasteiger partial charge on any atom is 4.00 e. The van der Waals surface area contributed by atoms with Crippen LogP contribution in [0.25, 0.3) is 0 Å². The molecule has 0 spiro atoms. The van der Waals surface area contributed by atoms with Gasteiger partial charge >= 0.3 is 55.8 Å². The van der Waals surface area contributed by atoms with Crippen LogP contribution >= 0.6 is 34.7 Å². The van der Waals surface area contributed by atoms with Crippen LogP contribution < -0.4 is 0 Å². The molecule has 0 heterocycles. The molecule has 8 nitrogen and oxygen atoms in total. The van der Waals surface area contributed by atoms with Crippen LogP contribution in [0.4, 0.5) is 0 Å². The Bertz CT molecular complexity index is 70.1. The van der Waals surface area contributed by atoms with Gasteiger partial charge in [-0.05, 0) is 0 Å². The Morgan fingerprint density at radius 1 is 0.538 bits per heavy atom. The molecule has 0 rings (SSSR count). The Morgan fingerprint density at radius 3 is 0.538 bits per heavy atom. The van der Waals surface area contributed by atoms with Gasteiger partial charge in [0, 0.05) is 0 Å². The first-order chi connectivity index (χ1) is 5.66. The third-order valence-electron chi connectivity index (χ3n) is 0. The third kappa shape index (κ3) is 1790. The summed E-state index contributed by atoms with van der Waals surface area (Å²) in [6.07, 6.45) is 0. The molecule has 0 aliphatic rings. The van der Waals surface area contributed by atoms with Gasteiger partial charge in [0.05, 0.1) is 0 Å². The summed E-state index contributed by atoms with van der Waals surface area (Å²) in [6, 6.07) is 0. The molecule has 0 aromatic carbocycles. The fourth-order valence-electron chi connectivity index (χ4n) is 0. The first kappa shape index (κ1) is 29.2. The molecule has 0 unspecified atom stereocenters. The minimum absolute atomic E-state index is 0. The molecule has 0 atom stereocenters. The fourth-order valence-corrected chi connectivity index (χ4v) is 0. The summed E-state index contributed by atoms with van der Waals surface area (Å²) in [5, 5.41) is 0. The van der Waals surface area contributed by atoms with Crippen LogP contribution in [0.1, 0.15) is 0 Å². The van der Waals surface area contributed by atoms with Crippen molar-refractivity contribution in [2.24, 2.45) is 0 Å². The van der Waals surface area contributed by atoms with Crippen LogP contribution in [0.5, 0.6) is 0 Å². The summed E-state index contributed by atoms with van der Waals surface area (Å²) < 4.78 is 33.8. The number of hydrogen-bond acceptors (Lipinski definition) is 4. The molecule has 0 amide bonds. The van der Waals surface area contributed by atoms with Crippen LogP contribution in [0.2, 0.25) is 0 Å². The van der Waals surface area contributed by atoms with Crippen LogP contribution in [0.3, 0.4) is 0 Å². The van der Waals surface area contributed by atoms with Crippen LogP contribution in [0.15, 0.2) is 0 Å². The van der Waals surface area contributed by atoms with Gasteiger partial charge in [-0.15, -0.1) is 0 Å². The molecule has 0 aromatic heterocycles. The zero-order valence-electron chi connectivity index (χ0n) is 5.62. The summed E-state index contributed by atoms with van der Waals surface area (Å²) in [5.41, 5.74) is 0. The Kier molecular flexibility index (Phi) is 170. The van der Waals surface area contributed by atoms with E-state index in [2.05, 4.69) is 0 Å². The van der Waals surface area contributed by atoms with Crippen LogP contribution in [0, 0.1) is 0 Å². The molecule has 0 bridgehead atoms. The molecule has 74 valence electrons. The van der Waals surface area contributed by atoms with Crippen molar-refractivity contribution >= 4 is 34.7 Å². The maximum absolute atomic E-state index is 8.46. The van der Waals surface area contributed by atoms with Gasteiger partial charge in [-0.2, -0.15) is 0 Å². The third-order valence-corrected chi connectivity index (χ3v) is 0. The molecule has 0 aromatic rings. The monoisotopic (exact) mass is 354 g/mol. The van der Waals surface area contributed by atoms with Crippen molar-refractivity contribution in [2.45, 2.75) is 0 Å². The van der Waals surface area contributed by atoms with Crippen LogP contribution in [-0.4, -0.2) is 19.6 Å². The van der Waals surface area contributed by atoms with Crippen LogP contribution in [-0.2, 0) is 39.3 Å². The topological polar surface area (TPSA) is 149 Å². The summed E-state index contributed by atoms with van der Waals surface area (Å²) in [7, 11) is -3.33. The van der Waals surface area contributed by atoms with Gasteiger partial charge < -0.3 is 19.6 Å². The van der Waals surface area contributed by atoms with Crippen molar-refractivity contribution < 1.29 is 58.9 Å². The quantitative estimate of drug-likeness (QED) is 0.368. The minimum atomic E-state index is -0.833. The van der Waals surface area contributed by atoms with E-state index in [1.54, 1.807) is 0 Å². The molecule has 13 heteroatoms. The van der Waals surface area contributed by atoms with Crippen molar-refractivity contribution in [3.63, 3.8) is 0 Å². The number of hydrogen-bond donors (Lipinski definition) is 4. The van der Waals surface area contributed by atoms with Crippen molar-refractivity contribution in [1.29, 1.82) is 0 Å². The summed E-state index contributed by atoms with van der Waals surface area (Å²) >= 11 is 0. The SMILES string of the molecule is O=PO.O=PO.O=PO.O=PO.[Mo+4]. The largest absolute Gasteiger partial charge is 4.00 e. The summed E-state index contributed by atoms with van der Waals surface area (Å²) in [6.45, 7) is 0. The van der Waals surface area contributed by atoms with Gasteiger partial charge in [0.25, 0.3) is 0 Å². The van der Waals surface area contributed by atoms with Gasteiger partial charge in [-0.3, -0.25) is 0 Å². The minimum Gasteiger partial charge on any atom is -0.310 e.